The van der Waals surface area contributed by atoms with E-state index in [1.165, 1.54) is 11.0 Å². The molecule has 1 fully saturated rings. The third-order valence-electron chi connectivity index (χ3n) is 3.21. The molecule has 0 aromatic heterocycles. The number of likely N-dealkylation sites (tertiary alicyclic amines) is 1. The molecule has 0 bridgehead atoms. The van der Waals surface area contributed by atoms with E-state index in [-0.39, 0.29) is 5.82 Å². The van der Waals surface area contributed by atoms with Crippen LogP contribution in [0.2, 0.25) is 0 Å². The van der Waals surface area contributed by atoms with Gasteiger partial charge in [0.05, 0.1) is 12.1 Å². The van der Waals surface area contributed by atoms with Gasteiger partial charge in [0.2, 0.25) is 0 Å². The highest BCUT2D eigenvalue weighted by atomic mass is 19.1. The molecular formula is C12H14FNO3. The summed E-state index contributed by atoms with van der Waals surface area (Å²) in [5, 5.41) is 18.8. The Morgan fingerprint density at radius 1 is 1.59 bits per heavy atom. The summed E-state index contributed by atoms with van der Waals surface area (Å²) in [6.07, 6.45) is -1.41. The van der Waals surface area contributed by atoms with Crippen LogP contribution < -0.4 is 0 Å². The van der Waals surface area contributed by atoms with Crippen molar-refractivity contribution in [2.24, 2.45) is 0 Å². The van der Waals surface area contributed by atoms with Gasteiger partial charge < -0.3 is 15.1 Å². The maximum atomic E-state index is 13.3. The molecule has 1 saturated heterocycles. The normalized spacial score (nSPS) is 20.9. The summed E-state index contributed by atoms with van der Waals surface area (Å²) in [4.78, 5) is 12.0. The van der Waals surface area contributed by atoms with Gasteiger partial charge >= 0.3 is 6.09 Å². The number of carboxylic acid groups (broad SMARTS) is 1. The molecule has 0 radical (unpaired) electrons. The molecule has 0 spiro atoms. The molecule has 2 N–H and O–H groups in total. The van der Waals surface area contributed by atoms with Gasteiger partial charge in [0.15, 0.2) is 0 Å². The van der Waals surface area contributed by atoms with E-state index in [1.54, 1.807) is 19.1 Å². The summed E-state index contributed by atoms with van der Waals surface area (Å²) in [7, 11) is 0. The van der Waals surface area contributed by atoms with Crippen LogP contribution in [0.1, 0.15) is 23.7 Å². The highest BCUT2D eigenvalue weighted by Crippen LogP contribution is 2.30. The van der Waals surface area contributed by atoms with E-state index in [2.05, 4.69) is 0 Å². The maximum absolute atomic E-state index is 13.3. The second-order valence-corrected chi connectivity index (χ2v) is 4.29. The van der Waals surface area contributed by atoms with Crippen LogP contribution in [-0.4, -0.2) is 33.8 Å². The average Bonchev–Trinajstić information content (AvgIpc) is 2.19. The minimum atomic E-state index is -1.05. The monoisotopic (exact) mass is 239 g/mol. The van der Waals surface area contributed by atoms with Crippen molar-refractivity contribution in [2.45, 2.75) is 25.5 Å². The summed E-state index contributed by atoms with van der Waals surface area (Å²) in [6.45, 7) is 2.06. The number of hydrogen-bond acceptors (Lipinski definition) is 2. The van der Waals surface area contributed by atoms with Crippen molar-refractivity contribution in [2.75, 3.05) is 6.54 Å². The minimum Gasteiger partial charge on any atom is -0.465 e. The number of hydrogen-bond donors (Lipinski definition) is 2. The molecule has 1 unspecified atom stereocenters. The molecular weight excluding hydrogens is 225 g/mol. The van der Waals surface area contributed by atoms with Crippen molar-refractivity contribution in [3.05, 3.63) is 35.1 Å². The van der Waals surface area contributed by atoms with E-state index >= 15 is 0 Å². The SMILES string of the molecule is Cc1ccc(C(O)[C@@H]2CCN2C(=O)O)cc1F. The number of amides is 1. The van der Waals surface area contributed by atoms with Gasteiger partial charge in [-0.15, -0.1) is 0 Å². The fourth-order valence-electron chi connectivity index (χ4n) is 1.99. The van der Waals surface area contributed by atoms with Crippen molar-refractivity contribution < 1.29 is 19.4 Å². The molecule has 0 saturated carbocycles. The van der Waals surface area contributed by atoms with Crippen LogP contribution in [0.4, 0.5) is 9.18 Å². The van der Waals surface area contributed by atoms with Crippen LogP contribution in [0.5, 0.6) is 0 Å². The molecule has 1 aromatic carbocycles. The van der Waals surface area contributed by atoms with Gasteiger partial charge in [0.1, 0.15) is 5.82 Å². The Morgan fingerprint density at radius 2 is 2.29 bits per heavy atom. The summed E-state index contributed by atoms with van der Waals surface area (Å²) < 4.78 is 13.3. The zero-order valence-electron chi connectivity index (χ0n) is 9.43. The average molecular weight is 239 g/mol. The Kier molecular flexibility index (Phi) is 3.02. The van der Waals surface area contributed by atoms with Gasteiger partial charge in [-0.3, -0.25) is 0 Å². The maximum Gasteiger partial charge on any atom is 0.407 e. The first-order chi connectivity index (χ1) is 8.00. The van der Waals surface area contributed by atoms with Crippen LogP contribution in [0, 0.1) is 12.7 Å². The topological polar surface area (TPSA) is 60.8 Å². The lowest BCUT2D eigenvalue weighted by Crippen LogP contribution is -2.53. The standard InChI is InChI=1S/C12H14FNO3/c1-7-2-3-8(6-9(7)13)11(15)10-4-5-14(10)12(16)17/h2-3,6,10-11,15H,4-5H2,1H3,(H,16,17)/t10-,11?/m0/s1. The second-order valence-electron chi connectivity index (χ2n) is 4.29. The molecule has 1 amide bonds. The molecule has 92 valence electrons. The number of benzene rings is 1. The lowest BCUT2D eigenvalue weighted by molar-refractivity contribution is -0.00540. The molecule has 2 rings (SSSR count). The summed E-state index contributed by atoms with van der Waals surface area (Å²) in [5.41, 5.74) is 0.925. The summed E-state index contributed by atoms with van der Waals surface area (Å²) in [6, 6.07) is 4.01. The van der Waals surface area contributed by atoms with E-state index in [0.717, 1.165) is 0 Å². The van der Waals surface area contributed by atoms with Gasteiger partial charge in [-0.25, -0.2) is 9.18 Å². The van der Waals surface area contributed by atoms with E-state index < -0.39 is 18.2 Å². The lowest BCUT2D eigenvalue weighted by atomic mass is 9.92. The largest absolute Gasteiger partial charge is 0.465 e. The predicted molar refractivity (Wildman–Crippen MR) is 59.2 cm³/mol. The molecule has 1 heterocycles. The van der Waals surface area contributed by atoms with E-state index in [9.17, 15) is 14.3 Å². The first-order valence-electron chi connectivity index (χ1n) is 5.44. The van der Waals surface area contributed by atoms with Gasteiger partial charge in [-0.2, -0.15) is 0 Å². The molecule has 17 heavy (non-hydrogen) atoms. The Balaban J connectivity index is 2.17. The van der Waals surface area contributed by atoms with Gasteiger partial charge in [-0.05, 0) is 30.5 Å². The predicted octanol–water partition coefficient (Wildman–Crippen LogP) is 1.92. The molecule has 0 aliphatic carbocycles. The van der Waals surface area contributed by atoms with Crippen molar-refractivity contribution >= 4 is 6.09 Å². The van der Waals surface area contributed by atoms with Crippen molar-refractivity contribution in [3.63, 3.8) is 0 Å². The van der Waals surface area contributed by atoms with Gasteiger partial charge in [0.25, 0.3) is 0 Å². The number of carbonyl (C=O) groups is 1. The molecule has 1 aliphatic rings. The fourth-order valence-corrected chi connectivity index (χ4v) is 1.99. The molecule has 2 atom stereocenters. The highest BCUT2D eigenvalue weighted by molar-refractivity contribution is 5.66. The van der Waals surface area contributed by atoms with Crippen LogP contribution in [0.3, 0.4) is 0 Å². The molecule has 4 nitrogen and oxygen atoms in total. The quantitative estimate of drug-likeness (QED) is 0.828. The van der Waals surface area contributed by atoms with Gasteiger partial charge in [0, 0.05) is 6.54 Å². The molecule has 5 heteroatoms. The number of halogens is 1. The Morgan fingerprint density at radius 3 is 2.76 bits per heavy atom. The van der Waals surface area contributed by atoms with Crippen molar-refractivity contribution in [1.29, 1.82) is 0 Å². The number of aliphatic hydroxyl groups excluding tert-OH is 1. The number of nitrogens with zero attached hydrogens (tertiary/aromatic N) is 1. The Bertz CT molecular complexity index is 449. The minimum absolute atomic E-state index is 0.386. The van der Waals surface area contributed by atoms with Crippen molar-refractivity contribution in [3.8, 4) is 0 Å². The van der Waals surface area contributed by atoms with Crippen LogP contribution in [0.25, 0.3) is 0 Å². The third-order valence-corrected chi connectivity index (χ3v) is 3.21. The summed E-state index contributed by atoms with van der Waals surface area (Å²) in [5.74, 6) is -0.386. The van der Waals surface area contributed by atoms with E-state index in [4.69, 9.17) is 5.11 Å². The Hall–Kier alpha value is -1.62. The van der Waals surface area contributed by atoms with E-state index in [0.29, 0.717) is 24.1 Å². The molecule has 1 aliphatic heterocycles. The van der Waals surface area contributed by atoms with Crippen LogP contribution in [0.15, 0.2) is 18.2 Å². The van der Waals surface area contributed by atoms with Crippen LogP contribution in [-0.2, 0) is 0 Å². The lowest BCUT2D eigenvalue weighted by Gasteiger charge is -2.41. The van der Waals surface area contributed by atoms with Gasteiger partial charge in [-0.1, -0.05) is 12.1 Å². The number of rotatable bonds is 2. The number of aliphatic hydroxyl groups is 1. The van der Waals surface area contributed by atoms with Crippen molar-refractivity contribution in [1.82, 2.24) is 4.90 Å². The highest BCUT2D eigenvalue weighted by Gasteiger charge is 2.38. The first-order valence-corrected chi connectivity index (χ1v) is 5.44. The second kappa shape index (κ2) is 4.33. The summed E-state index contributed by atoms with van der Waals surface area (Å²) >= 11 is 0. The molecule has 1 aromatic rings. The smallest absolute Gasteiger partial charge is 0.407 e. The van der Waals surface area contributed by atoms with E-state index in [1.807, 2.05) is 0 Å². The Labute approximate surface area is 98.3 Å². The third kappa shape index (κ3) is 2.10. The number of aryl methyl sites for hydroxylation is 1. The fraction of sp³-hybridized carbons (Fsp3) is 0.417. The first kappa shape index (κ1) is 11.9. The zero-order valence-corrected chi connectivity index (χ0v) is 9.43. The zero-order chi connectivity index (χ0) is 12.6. The van der Waals surface area contributed by atoms with Crippen LogP contribution >= 0.6 is 0 Å².